The number of ether oxygens (including phenoxy) is 1. The molecule has 2 atom stereocenters. The van der Waals surface area contributed by atoms with Crippen LogP contribution in [0, 0.1) is 0 Å². The number of rotatable bonds is 2. The molecule has 3 aliphatic heterocycles. The highest BCUT2D eigenvalue weighted by Gasteiger charge is 2.44. The number of benzene rings is 1. The minimum Gasteiger partial charge on any atom is -0.399 e. The van der Waals surface area contributed by atoms with Gasteiger partial charge in [-0.25, -0.2) is 0 Å². The van der Waals surface area contributed by atoms with E-state index in [-0.39, 0.29) is 18.1 Å². The molecule has 4 heteroatoms. The normalized spacial score (nSPS) is 27.8. The second-order valence-corrected chi connectivity index (χ2v) is 4.44. The summed E-state index contributed by atoms with van der Waals surface area (Å²) >= 11 is 0. The van der Waals surface area contributed by atoms with Gasteiger partial charge in [-0.3, -0.25) is 4.79 Å². The largest absolute Gasteiger partial charge is 0.399 e. The summed E-state index contributed by atoms with van der Waals surface area (Å²) in [6.07, 6.45) is 0.987. The summed E-state index contributed by atoms with van der Waals surface area (Å²) in [6.45, 7) is 1.38. The molecular weight excluding hydrogens is 204 g/mol. The molecule has 0 aromatic heterocycles. The van der Waals surface area contributed by atoms with Crippen molar-refractivity contribution in [3.8, 4) is 0 Å². The Morgan fingerprint density at radius 2 is 2.06 bits per heavy atom. The SMILES string of the molecule is Nc1ccc(CN2CC3CC(O3)C2=O)cc1. The lowest BCUT2D eigenvalue weighted by molar-refractivity contribution is -0.199. The van der Waals surface area contributed by atoms with Crippen LogP contribution in [0.5, 0.6) is 0 Å². The third kappa shape index (κ3) is 1.55. The quantitative estimate of drug-likeness (QED) is 0.746. The van der Waals surface area contributed by atoms with Crippen molar-refractivity contribution in [2.24, 2.45) is 0 Å². The van der Waals surface area contributed by atoms with E-state index in [1.54, 1.807) is 0 Å². The number of nitrogen functional groups attached to an aromatic ring is 1. The van der Waals surface area contributed by atoms with Crippen molar-refractivity contribution in [3.05, 3.63) is 29.8 Å². The van der Waals surface area contributed by atoms with Gasteiger partial charge in [-0.2, -0.15) is 0 Å². The number of carbonyl (C=O) groups is 1. The molecule has 4 nitrogen and oxygen atoms in total. The third-order valence-electron chi connectivity index (χ3n) is 3.20. The van der Waals surface area contributed by atoms with E-state index in [1.807, 2.05) is 29.2 Å². The number of carbonyl (C=O) groups excluding carboxylic acids is 1. The van der Waals surface area contributed by atoms with Crippen molar-refractivity contribution in [3.63, 3.8) is 0 Å². The Morgan fingerprint density at radius 3 is 2.69 bits per heavy atom. The molecular formula is C12H14N2O2. The standard InChI is InChI=1S/C12H14N2O2/c13-9-3-1-8(2-4-9)6-14-7-10-5-11(16-10)12(14)15/h1-4,10-11H,5-7,13H2. The van der Waals surface area contributed by atoms with Crippen molar-refractivity contribution in [1.29, 1.82) is 0 Å². The van der Waals surface area contributed by atoms with Gasteiger partial charge < -0.3 is 15.4 Å². The number of amides is 1. The second-order valence-electron chi connectivity index (χ2n) is 4.44. The first-order chi connectivity index (χ1) is 7.72. The molecule has 3 fully saturated rings. The van der Waals surface area contributed by atoms with Crippen LogP contribution >= 0.6 is 0 Å². The van der Waals surface area contributed by atoms with Crippen LogP contribution in [0.3, 0.4) is 0 Å². The Balaban J connectivity index is 1.70. The van der Waals surface area contributed by atoms with Crippen LogP contribution < -0.4 is 5.73 Å². The summed E-state index contributed by atoms with van der Waals surface area (Å²) in [5, 5.41) is 0. The number of anilines is 1. The van der Waals surface area contributed by atoms with Crippen molar-refractivity contribution < 1.29 is 9.53 Å². The Labute approximate surface area is 94.0 Å². The number of hydrogen-bond acceptors (Lipinski definition) is 3. The molecule has 1 aromatic rings. The molecule has 0 spiro atoms. The molecule has 4 rings (SSSR count). The molecule has 3 aliphatic rings. The predicted octanol–water partition coefficient (Wildman–Crippen LogP) is 0.768. The van der Waals surface area contributed by atoms with Crippen LogP contribution in [0.15, 0.2) is 24.3 Å². The molecule has 0 radical (unpaired) electrons. The van der Waals surface area contributed by atoms with E-state index in [4.69, 9.17) is 10.5 Å². The number of piperidine rings is 1. The number of nitrogens with zero attached hydrogens (tertiary/aromatic N) is 1. The zero-order valence-electron chi connectivity index (χ0n) is 8.93. The van der Waals surface area contributed by atoms with Crippen LogP contribution in [-0.2, 0) is 16.1 Å². The summed E-state index contributed by atoms with van der Waals surface area (Å²) in [6, 6.07) is 7.65. The molecule has 84 valence electrons. The second kappa shape index (κ2) is 3.49. The molecule has 0 saturated carbocycles. The highest BCUT2D eigenvalue weighted by Crippen LogP contribution is 2.29. The van der Waals surface area contributed by atoms with E-state index in [2.05, 4.69) is 0 Å². The molecule has 3 heterocycles. The zero-order chi connectivity index (χ0) is 11.1. The Hall–Kier alpha value is -1.55. The zero-order valence-corrected chi connectivity index (χ0v) is 8.93. The van der Waals surface area contributed by atoms with Gasteiger partial charge in [0.15, 0.2) is 0 Å². The van der Waals surface area contributed by atoms with Gasteiger partial charge in [0.2, 0.25) is 0 Å². The number of hydrogen-bond donors (Lipinski definition) is 1. The van der Waals surface area contributed by atoms with E-state index < -0.39 is 0 Å². The van der Waals surface area contributed by atoms with Gasteiger partial charge in [-0.15, -0.1) is 0 Å². The fourth-order valence-corrected chi connectivity index (χ4v) is 2.26. The maximum absolute atomic E-state index is 11.8. The molecule has 0 aliphatic carbocycles. The van der Waals surface area contributed by atoms with Crippen LogP contribution in [-0.4, -0.2) is 29.6 Å². The smallest absolute Gasteiger partial charge is 0.252 e. The Bertz CT molecular complexity index is 410. The predicted molar refractivity (Wildman–Crippen MR) is 59.5 cm³/mol. The number of morpholine rings is 1. The van der Waals surface area contributed by atoms with Crippen LogP contribution in [0.1, 0.15) is 12.0 Å². The highest BCUT2D eigenvalue weighted by molar-refractivity contribution is 5.83. The lowest BCUT2D eigenvalue weighted by Gasteiger charge is -2.46. The average molecular weight is 218 g/mol. The van der Waals surface area contributed by atoms with Gasteiger partial charge in [0.25, 0.3) is 5.91 Å². The van der Waals surface area contributed by atoms with E-state index in [1.165, 1.54) is 0 Å². The monoisotopic (exact) mass is 218 g/mol. The van der Waals surface area contributed by atoms with Crippen molar-refractivity contribution in [1.82, 2.24) is 4.90 Å². The first-order valence-electron chi connectivity index (χ1n) is 5.51. The van der Waals surface area contributed by atoms with Gasteiger partial charge in [-0.05, 0) is 17.7 Å². The minimum atomic E-state index is -0.174. The van der Waals surface area contributed by atoms with Gasteiger partial charge in [0.1, 0.15) is 6.10 Å². The van der Waals surface area contributed by atoms with Crippen molar-refractivity contribution in [2.45, 2.75) is 25.2 Å². The number of nitrogens with two attached hydrogens (primary N) is 1. The van der Waals surface area contributed by atoms with Gasteiger partial charge in [0.05, 0.1) is 6.10 Å². The minimum absolute atomic E-state index is 0.124. The molecule has 1 amide bonds. The maximum Gasteiger partial charge on any atom is 0.252 e. The summed E-state index contributed by atoms with van der Waals surface area (Å²) in [4.78, 5) is 13.7. The fourth-order valence-electron chi connectivity index (χ4n) is 2.26. The Kier molecular flexibility index (Phi) is 2.11. The summed E-state index contributed by atoms with van der Waals surface area (Å²) in [5.41, 5.74) is 7.48. The van der Waals surface area contributed by atoms with E-state index in [9.17, 15) is 4.79 Å². The molecule has 1 aromatic carbocycles. The lowest BCUT2D eigenvalue weighted by Crippen LogP contribution is -2.60. The maximum atomic E-state index is 11.8. The first-order valence-corrected chi connectivity index (χ1v) is 5.51. The van der Waals surface area contributed by atoms with E-state index in [0.717, 1.165) is 24.2 Å². The van der Waals surface area contributed by atoms with Gasteiger partial charge in [-0.1, -0.05) is 12.1 Å². The molecule has 2 N–H and O–H groups in total. The van der Waals surface area contributed by atoms with Crippen LogP contribution in [0.2, 0.25) is 0 Å². The molecule has 2 unspecified atom stereocenters. The average Bonchev–Trinajstić information content (AvgIpc) is 2.22. The summed E-state index contributed by atoms with van der Waals surface area (Å²) in [5.74, 6) is 0.124. The van der Waals surface area contributed by atoms with Gasteiger partial charge >= 0.3 is 0 Å². The molecule has 3 saturated heterocycles. The van der Waals surface area contributed by atoms with Gasteiger partial charge in [0, 0.05) is 25.2 Å². The molecule has 16 heavy (non-hydrogen) atoms. The first kappa shape index (κ1) is 9.66. The summed E-state index contributed by atoms with van der Waals surface area (Å²) in [7, 11) is 0. The lowest BCUT2D eigenvalue weighted by atomic mass is 9.97. The van der Waals surface area contributed by atoms with Crippen LogP contribution in [0.25, 0.3) is 0 Å². The van der Waals surface area contributed by atoms with E-state index >= 15 is 0 Å². The van der Waals surface area contributed by atoms with E-state index in [0.29, 0.717) is 6.54 Å². The molecule has 2 bridgehead atoms. The fraction of sp³-hybridized carbons (Fsp3) is 0.417. The topological polar surface area (TPSA) is 55.6 Å². The highest BCUT2D eigenvalue weighted by atomic mass is 16.5. The summed E-state index contributed by atoms with van der Waals surface area (Å²) < 4.78 is 5.36. The van der Waals surface area contributed by atoms with Crippen LogP contribution in [0.4, 0.5) is 5.69 Å². The third-order valence-corrected chi connectivity index (χ3v) is 3.20. The number of fused-ring (bicyclic) bond motifs is 2. The Morgan fingerprint density at radius 1 is 1.38 bits per heavy atom. The van der Waals surface area contributed by atoms with Crippen molar-refractivity contribution in [2.75, 3.05) is 12.3 Å². The van der Waals surface area contributed by atoms with Crippen molar-refractivity contribution >= 4 is 11.6 Å².